The Labute approximate surface area is 124 Å². The molecule has 1 unspecified atom stereocenters. The zero-order chi connectivity index (χ0) is 14.4. The van der Waals surface area contributed by atoms with Crippen molar-refractivity contribution >= 4 is 17.2 Å². The van der Waals surface area contributed by atoms with Gasteiger partial charge in [0.15, 0.2) is 0 Å². The molecule has 112 valence electrons. The predicted molar refractivity (Wildman–Crippen MR) is 79.8 cm³/mol. The van der Waals surface area contributed by atoms with Gasteiger partial charge in [-0.2, -0.15) is 0 Å². The van der Waals surface area contributed by atoms with Crippen LogP contribution in [0.4, 0.5) is 0 Å². The van der Waals surface area contributed by atoms with Crippen molar-refractivity contribution in [2.75, 3.05) is 19.8 Å². The van der Waals surface area contributed by atoms with Crippen molar-refractivity contribution in [3.8, 4) is 0 Å². The Bertz CT molecular complexity index is 399. The SMILES string of the molecule is CC(C)OCC(=O)N(Cc1cccs1)CC1CCCO1. The van der Waals surface area contributed by atoms with Crippen LogP contribution in [0.1, 0.15) is 31.6 Å². The lowest BCUT2D eigenvalue weighted by molar-refractivity contribution is -0.139. The van der Waals surface area contributed by atoms with E-state index in [0.29, 0.717) is 13.1 Å². The fraction of sp³-hybridized carbons (Fsp3) is 0.667. The molecule has 4 nitrogen and oxygen atoms in total. The summed E-state index contributed by atoms with van der Waals surface area (Å²) in [4.78, 5) is 15.4. The van der Waals surface area contributed by atoms with Crippen molar-refractivity contribution < 1.29 is 14.3 Å². The molecule has 1 amide bonds. The Morgan fingerprint density at radius 1 is 1.60 bits per heavy atom. The van der Waals surface area contributed by atoms with E-state index in [4.69, 9.17) is 9.47 Å². The van der Waals surface area contributed by atoms with Gasteiger partial charge in [0.25, 0.3) is 0 Å². The highest BCUT2D eigenvalue weighted by molar-refractivity contribution is 7.09. The largest absolute Gasteiger partial charge is 0.376 e. The number of rotatable bonds is 7. The Morgan fingerprint density at radius 3 is 3.05 bits per heavy atom. The molecule has 0 aliphatic carbocycles. The van der Waals surface area contributed by atoms with Crippen molar-refractivity contribution in [2.45, 2.75) is 45.4 Å². The molecule has 0 bridgehead atoms. The zero-order valence-electron chi connectivity index (χ0n) is 12.2. The van der Waals surface area contributed by atoms with E-state index in [1.807, 2.05) is 30.2 Å². The molecule has 1 aromatic heterocycles. The molecule has 20 heavy (non-hydrogen) atoms. The minimum atomic E-state index is 0.0441. The second kappa shape index (κ2) is 7.76. The molecular formula is C15H23NO3S. The average molecular weight is 297 g/mol. The summed E-state index contributed by atoms with van der Waals surface area (Å²) in [6, 6.07) is 4.07. The van der Waals surface area contributed by atoms with Crippen LogP contribution >= 0.6 is 11.3 Å². The minimum Gasteiger partial charge on any atom is -0.376 e. The summed E-state index contributed by atoms with van der Waals surface area (Å²) in [6.07, 6.45) is 2.39. The number of amides is 1. The van der Waals surface area contributed by atoms with Gasteiger partial charge in [-0.15, -0.1) is 11.3 Å². The molecule has 1 atom stereocenters. The van der Waals surface area contributed by atoms with Crippen LogP contribution in [0.5, 0.6) is 0 Å². The van der Waals surface area contributed by atoms with E-state index in [1.165, 1.54) is 4.88 Å². The monoisotopic (exact) mass is 297 g/mol. The van der Waals surface area contributed by atoms with Crippen molar-refractivity contribution in [3.05, 3.63) is 22.4 Å². The van der Waals surface area contributed by atoms with E-state index in [1.54, 1.807) is 11.3 Å². The van der Waals surface area contributed by atoms with Gasteiger partial charge in [-0.1, -0.05) is 6.07 Å². The summed E-state index contributed by atoms with van der Waals surface area (Å²) in [5, 5.41) is 2.04. The van der Waals surface area contributed by atoms with Gasteiger partial charge in [0.05, 0.1) is 18.8 Å². The first-order valence-electron chi connectivity index (χ1n) is 7.18. The summed E-state index contributed by atoms with van der Waals surface area (Å²) in [6.45, 7) is 6.16. The Morgan fingerprint density at radius 2 is 2.45 bits per heavy atom. The first-order valence-corrected chi connectivity index (χ1v) is 8.06. The van der Waals surface area contributed by atoms with Gasteiger partial charge in [-0.3, -0.25) is 4.79 Å². The second-order valence-electron chi connectivity index (χ2n) is 5.35. The molecule has 1 aromatic rings. The third kappa shape index (κ3) is 4.89. The second-order valence-corrected chi connectivity index (χ2v) is 6.38. The highest BCUT2D eigenvalue weighted by Gasteiger charge is 2.23. The van der Waals surface area contributed by atoms with Gasteiger partial charge in [-0.05, 0) is 38.1 Å². The zero-order valence-corrected chi connectivity index (χ0v) is 13.0. The van der Waals surface area contributed by atoms with E-state index in [9.17, 15) is 4.79 Å². The summed E-state index contributed by atoms with van der Waals surface area (Å²) in [5.74, 6) is 0.0441. The van der Waals surface area contributed by atoms with Crippen molar-refractivity contribution in [1.29, 1.82) is 0 Å². The van der Waals surface area contributed by atoms with Crippen LogP contribution in [-0.2, 0) is 20.8 Å². The number of carbonyl (C=O) groups excluding carboxylic acids is 1. The third-order valence-electron chi connectivity index (χ3n) is 3.27. The van der Waals surface area contributed by atoms with E-state index >= 15 is 0 Å². The average Bonchev–Trinajstić information content (AvgIpc) is 3.08. The van der Waals surface area contributed by atoms with Gasteiger partial charge in [0.1, 0.15) is 6.61 Å². The molecule has 1 saturated heterocycles. The molecule has 1 aliphatic heterocycles. The predicted octanol–water partition coefficient (Wildman–Crippen LogP) is 2.68. The number of hydrogen-bond donors (Lipinski definition) is 0. The quantitative estimate of drug-likeness (QED) is 0.776. The summed E-state index contributed by atoms with van der Waals surface area (Å²) < 4.78 is 11.1. The van der Waals surface area contributed by atoms with Crippen LogP contribution in [-0.4, -0.2) is 42.8 Å². The van der Waals surface area contributed by atoms with Crippen molar-refractivity contribution in [2.24, 2.45) is 0 Å². The third-order valence-corrected chi connectivity index (χ3v) is 4.13. The highest BCUT2D eigenvalue weighted by Crippen LogP contribution is 2.17. The molecule has 2 rings (SSSR count). The lowest BCUT2D eigenvalue weighted by atomic mass is 10.2. The van der Waals surface area contributed by atoms with E-state index < -0.39 is 0 Å². The molecule has 0 radical (unpaired) electrons. The lowest BCUT2D eigenvalue weighted by Crippen LogP contribution is -2.39. The van der Waals surface area contributed by atoms with Gasteiger partial charge in [0.2, 0.25) is 5.91 Å². The Balaban J connectivity index is 1.92. The van der Waals surface area contributed by atoms with Crippen LogP contribution in [0, 0.1) is 0 Å². The van der Waals surface area contributed by atoms with Crippen LogP contribution in [0.15, 0.2) is 17.5 Å². The number of thiophene rings is 1. The normalized spacial score (nSPS) is 18.6. The number of carbonyl (C=O) groups is 1. The minimum absolute atomic E-state index is 0.0441. The van der Waals surface area contributed by atoms with Gasteiger partial charge in [0, 0.05) is 18.0 Å². The lowest BCUT2D eigenvalue weighted by Gasteiger charge is -2.25. The summed E-state index contributed by atoms with van der Waals surface area (Å²) in [7, 11) is 0. The summed E-state index contributed by atoms with van der Waals surface area (Å²) >= 11 is 1.68. The molecule has 0 aromatic carbocycles. The molecular weight excluding hydrogens is 274 g/mol. The van der Waals surface area contributed by atoms with Crippen LogP contribution < -0.4 is 0 Å². The maximum Gasteiger partial charge on any atom is 0.248 e. The van der Waals surface area contributed by atoms with Crippen molar-refractivity contribution in [1.82, 2.24) is 4.90 Å². The van der Waals surface area contributed by atoms with E-state index in [0.717, 1.165) is 19.4 Å². The van der Waals surface area contributed by atoms with E-state index in [2.05, 4.69) is 6.07 Å². The molecule has 0 spiro atoms. The Kier molecular flexibility index (Phi) is 6.01. The maximum absolute atomic E-state index is 12.3. The molecule has 1 aliphatic rings. The van der Waals surface area contributed by atoms with Crippen molar-refractivity contribution in [3.63, 3.8) is 0 Å². The first kappa shape index (κ1) is 15.5. The molecule has 0 N–H and O–H groups in total. The fourth-order valence-electron chi connectivity index (χ4n) is 2.21. The van der Waals surface area contributed by atoms with Crippen LogP contribution in [0.3, 0.4) is 0 Å². The standard InChI is InChI=1S/C15H23NO3S/c1-12(2)19-11-15(17)16(9-13-5-3-7-18-13)10-14-6-4-8-20-14/h4,6,8,12-13H,3,5,7,9-11H2,1-2H3. The topological polar surface area (TPSA) is 38.8 Å². The summed E-state index contributed by atoms with van der Waals surface area (Å²) in [5.41, 5.74) is 0. The van der Waals surface area contributed by atoms with Gasteiger partial charge in [-0.25, -0.2) is 0 Å². The first-order chi connectivity index (χ1) is 9.65. The van der Waals surface area contributed by atoms with Gasteiger partial charge >= 0.3 is 0 Å². The molecule has 5 heteroatoms. The van der Waals surface area contributed by atoms with E-state index in [-0.39, 0.29) is 24.7 Å². The highest BCUT2D eigenvalue weighted by atomic mass is 32.1. The maximum atomic E-state index is 12.3. The smallest absolute Gasteiger partial charge is 0.248 e. The van der Waals surface area contributed by atoms with Gasteiger partial charge < -0.3 is 14.4 Å². The molecule has 0 saturated carbocycles. The fourth-order valence-corrected chi connectivity index (χ4v) is 2.93. The van der Waals surface area contributed by atoms with Crippen LogP contribution in [0.2, 0.25) is 0 Å². The number of nitrogens with zero attached hydrogens (tertiary/aromatic N) is 1. The van der Waals surface area contributed by atoms with Crippen LogP contribution in [0.25, 0.3) is 0 Å². The molecule has 1 fully saturated rings. The Hall–Kier alpha value is -0.910. The molecule has 2 heterocycles. The number of hydrogen-bond acceptors (Lipinski definition) is 4. The number of ether oxygens (including phenoxy) is 2.